The van der Waals surface area contributed by atoms with E-state index in [1.165, 1.54) is 57.8 Å². The molecule has 4 nitrogen and oxygen atoms in total. The van der Waals surface area contributed by atoms with E-state index in [1.807, 2.05) is 29.2 Å². The van der Waals surface area contributed by atoms with Crippen LogP contribution in [0.3, 0.4) is 0 Å². The number of likely N-dealkylation sites (tertiary alicyclic amines) is 1. The van der Waals surface area contributed by atoms with E-state index in [0.29, 0.717) is 17.9 Å². The van der Waals surface area contributed by atoms with Crippen LogP contribution in [0.5, 0.6) is 0 Å². The monoisotopic (exact) mass is 428 g/mol. The van der Waals surface area contributed by atoms with Crippen molar-refractivity contribution < 1.29 is 9.59 Å². The molecule has 0 saturated carbocycles. The lowest BCUT2D eigenvalue weighted by Crippen LogP contribution is -2.37. The third-order valence-corrected chi connectivity index (χ3v) is 6.47. The van der Waals surface area contributed by atoms with E-state index >= 15 is 0 Å². The van der Waals surface area contributed by atoms with Crippen molar-refractivity contribution in [1.82, 2.24) is 4.90 Å². The molecule has 0 atom stereocenters. The zero-order valence-corrected chi connectivity index (χ0v) is 20.0. The fourth-order valence-corrected chi connectivity index (χ4v) is 4.30. The Labute approximate surface area is 190 Å². The van der Waals surface area contributed by atoms with Crippen LogP contribution in [0.25, 0.3) is 0 Å². The van der Waals surface area contributed by atoms with Gasteiger partial charge in [0.2, 0.25) is 5.91 Å². The average Bonchev–Trinajstić information content (AvgIpc) is 2.77. The smallest absolute Gasteiger partial charge is 0.253 e. The van der Waals surface area contributed by atoms with Crippen molar-refractivity contribution in [1.29, 1.82) is 0 Å². The second-order valence-electron chi connectivity index (χ2n) is 9.39. The second-order valence-corrected chi connectivity index (χ2v) is 9.39. The van der Waals surface area contributed by atoms with E-state index in [9.17, 15) is 9.59 Å². The molecule has 1 aromatic carbocycles. The van der Waals surface area contributed by atoms with Crippen LogP contribution in [-0.4, -0.2) is 29.8 Å². The summed E-state index contributed by atoms with van der Waals surface area (Å²) >= 11 is 0. The Bertz CT molecular complexity index is 650. The van der Waals surface area contributed by atoms with Gasteiger partial charge in [0.1, 0.15) is 0 Å². The molecule has 1 saturated heterocycles. The maximum atomic E-state index is 12.7. The molecule has 1 aliphatic rings. The van der Waals surface area contributed by atoms with Crippen molar-refractivity contribution in [3.63, 3.8) is 0 Å². The van der Waals surface area contributed by atoms with Gasteiger partial charge in [-0.05, 0) is 43.4 Å². The van der Waals surface area contributed by atoms with E-state index in [2.05, 4.69) is 19.2 Å². The summed E-state index contributed by atoms with van der Waals surface area (Å²) in [6.45, 7) is 6.16. The number of nitrogens with zero attached hydrogens (tertiary/aromatic N) is 1. The summed E-state index contributed by atoms with van der Waals surface area (Å²) in [5, 5.41) is 2.97. The Kier molecular flexibility index (Phi) is 12.3. The van der Waals surface area contributed by atoms with Crippen molar-refractivity contribution in [2.75, 3.05) is 18.4 Å². The van der Waals surface area contributed by atoms with Crippen LogP contribution in [0.4, 0.5) is 5.69 Å². The Morgan fingerprint density at radius 1 is 0.903 bits per heavy atom. The van der Waals surface area contributed by atoms with Gasteiger partial charge in [-0.2, -0.15) is 0 Å². The number of benzene rings is 1. The molecule has 2 amide bonds. The van der Waals surface area contributed by atoms with Crippen molar-refractivity contribution in [2.45, 2.75) is 104 Å². The van der Waals surface area contributed by atoms with Crippen LogP contribution in [0, 0.1) is 5.92 Å². The molecule has 2 rings (SSSR count). The maximum Gasteiger partial charge on any atom is 0.253 e. The number of nitrogens with one attached hydrogen (secondary N) is 1. The molecule has 0 spiro atoms. The molecule has 1 fully saturated rings. The standard InChI is InChI=1S/C27H44N2O2/c1-3-4-5-6-7-8-9-10-11-12-13-17-26(30)28-25-16-14-15-24(22-25)27(31)29-20-18-23(2)19-21-29/h14-16,22-23H,3-13,17-21H2,1-2H3,(H,28,30). The summed E-state index contributed by atoms with van der Waals surface area (Å²) < 4.78 is 0. The average molecular weight is 429 g/mol. The van der Waals surface area contributed by atoms with E-state index in [-0.39, 0.29) is 11.8 Å². The zero-order valence-electron chi connectivity index (χ0n) is 20.0. The number of hydrogen-bond acceptors (Lipinski definition) is 2. The highest BCUT2D eigenvalue weighted by Gasteiger charge is 2.21. The van der Waals surface area contributed by atoms with E-state index < -0.39 is 0 Å². The molecule has 0 unspecified atom stereocenters. The lowest BCUT2D eigenvalue weighted by atomic mass is 9.98. The van der Waals surface area contributed by atoms with Crippen molar-refractivity contribution in [3.05, 3.63) is 29.8 Å². The Morgan fingerprint density at radius 3 is 2.10 bits per heavy atom. The Hall–Kier alpha value is -1.84. The largest absolute Gasteiger partial charge is 0.339 e. The molecule has 1 heterocycles. The minimum atomic E-state index is 0.0484. The van der Waals surface area contributed by atoms with Gasteiger partial charge in [0.25, 0.3) is 5.91 Å². The zero-order chi connectivity index (χ0) is 22.3. The first-order chi connectivity index (χ1) is 15.1. The van der Waals surface area contributed by atoms with Crippen LogP contribution in [-0.2, 0) is 4.79 Å². The number of carbonyl (C=O) groups excluding carboxylic acids is 2. The van der Waals surface area contributed by atoms with Gasteiger partial charge in [-0.15, -0.1) is 0 Å². The van der Waals surface area contributed by atoms with Crippen molar-refractivity contribution in [2.24, 2.45) is 5.92 Å². The van der Waals surface area contributed by atoms with Gasteiger partial charge in [0, 0.05) is 30.8 Å². The lowest BCUT2D eigenvalue weighted by Gasteiger charge is -2.30. The van der Waals surface area contributed by atoms with Crippen LogP contribution < -0.4 is 5.32 Å². The van der Waals surface area contributed by atoms with Crippen LogP contribution in [0.2, 0.25) is 0 Å². The Balaban J connectivity index is 1.59. The third-order valence-electron chi connectivity index (χ3n) is 6.47. The van der Waals surface area contributed by atoms with Crippen LogP contribution in [0.15, 0.2) is 24.3 Å². The molecule has 0 aromatic heterocycles. The molecule has 31 heavy (non-hydrogen) atoms. The molecule has 0 radical (unpaired) electrons. The van der Waals surface area contributed by atoms with Gasteiger partial charge in [0.05, 0.1) is 0 Å². The minimum absolute atomic E-state index is 0.0484. The van der Waals surface area contributed by atoms with Gasteiger partial charge in [-0.25, -0.2) is 0 Å². The maximum absolute atomic E-state index is 12.7. The van der Waals surface area contributed by atoms with Crippen molar-refractivity contribution in [3.8, 4) is 0 Å². The van der Waals surface area contributed by atoms with E-state index in [1.54, 1.807) is 0 Å². The van der Waals surface area contributed by atoms with Crippen LogP contribution >= 0.6 is 0 Å². The quantitative estimate of drug-likeness (QED) is 0.319. The summed E-state index contributed by atoms with van der Waals surface area (Å²) in [7, 11) is 0. The number of anilines is 1. The lowest BCUT2D eigenvalue weighted by molar-refractivity contribution is -0.116. The number of hydrogen-bond donors (Lipinski definition) is 1. The first-order valence-corrected chi connectivity index (χ1v) is 12.8. The number of rotatable bonds is 14. The van der Waals surface area contributed by atoms with E-state index in [0.717, 1.165) is 44.5 Å². The highest BCUT2D eigenvalue weighted by molar-refractivity contribution is 5.97. The molecule has 4 heteroatoms. The molecular weight excluding hydrogens is 384 g/mol. The molecule has 1 aromatic rings. The SMILES string of the molecule is CCCCCCCCCCCCCC(=O)Nc1cccc(C(=O)N2CCC(C)CC2)c1. The Morgan fingerprint density at radius 2 is 1.48 bits per heavy atom. The normalized spacial score (nSPS) is 14.6. The predicted molar refractivity (Wildman–Crippen MR) is 130 cm³/mol. The van der Waals surface area contributed by atoms with E-state index in [4.69, 9.17) is 0 Å². The highest BCUT2D eigenvalue weighted by Crippen LogP contribution is 2.20. The molecule has 0 bridgehead atoms. The number of unbranched alkanes of at least 4 members (excludes halogenated alkanes) is 10. The fourth-order valence-electron chi connectivity index (χ4n) is 4.30. The number of piperidine rings is 1. The van der Waals surface area contributed by atoms with Gasteiger partial charge < -0.3 is 10.2 Å². The van der Waals surface area contributed by atoms with Crippen molar-refractivity contribution >= 4 is 17.5 Å². The molecular formula is C27H44N2O2. The molecule has 1 aliphatic heterocycles. The summed E-state index contributed by atoms with van der Waals surface area (Å²) in [4.78, 5) is 27.0. The summed E-state index contributed by atoms with van der Waals surface area (Å²) in [5.74, 6) is 0.825. The van der Waals surface area contributed by atoms with Crippen LogP contribution in [0.1, 0.15) is 114 Å². The molecule has 1 N–H and O–H groups in total. The first kappa shape index (κ1) is 25.4. The molecule has 174 valence electrons. The van der Waals surface area contributed by atoms with Gasteiger partial charge in [-0.3, -0.25) is 9.59 Å². The predicted octanol–water partition coefficient (Wildman–Crippen LogP) is 7.20. The van der Waals surface area contributed by atoms with Gasteiger partial charge in [-0.1, -0.05) is 84.1 Å². The minimum Gasteiger partial charge on any atom is -0.339 e. The van der Waals surface area contributed by atoms with Gasteiger partial charge in [0.15, 0.2) is 0 Å². The molecule has 0 aliphatic carbocycles. The number of amides is 2. The first-order valence-electron chi connectivity index (χ1n) is 12.8. The summed E-state index contributed by atoms with van der Waals surface area (Å²) in [6, 6.07) is 7.39. The summed E-state index contributed by atoms with van der Waals surface area (Å²) in [6.07, 6.45) is 16.8. The number of carbonyl (C=O) groups is 2. The summed E-state index contributed by atoms with van der Waals surface area (Å²) in [5.41, 5.74) is 1.39. The van der Waals surface area contributed by atoms with Gasteiger partial charge >= 0.3 is 0 Å². The fraction of sp³-hybridized carbons (Fsp3) is 0.704. The second kappa shape index (κ2) is 15.0. The topological polar surface area (TPSA) is 49.4 Å². The highest BCUT2D eigenvalue weighted by atomic mass is 16.2. The third kappa shape index (κ3) is 10.3.